The first-order valence-electron chi connectivity index (χ1n) is 17.6. The summed E-state index contributed by atoms with van der Waals surface area (Å²) in [7, 11) is 0. The number of aliphatic hydroxyl groups is 2. The number of aliphatic imine (C=N–C) groups is 2. The molecule has 14 nitrogen and oxygen atoms in total. The minimum atomic E-state index is -0.797. The van der Waals surface area contributed by atoms with E-state index in [9.17, 15) is 19.8 Å². The molecule has 2 aliphatic carbocycles. The van der Waals surface area contributed by atoms with Crippen LogP contribution in [0, 0.1) is 22.7 Å². The highest BCUT2D eigenvalue weighted by molar-refractivity contribution is 6.07. The summed E-state index contributed by atoms with van der Waals surface area (Å²) in [4.78, 5) is 48.2. The molecule has 51 heavy (non-hydrogen) atoms. The summed E-state index contributed by atoms with van der Waals surface area (Å²) in [5, 5.41) is 29.4. The number of ketones is 1. The van der Waals surface area contributed by atoms with E-state index in [1.807, 2.05) is 32.0 Å². The molecule has 0 amide bonds. The largest absolute Gasteiger partial charge is 0.423 e. The number of aromatic nitrogens is 3. The second kappa shape index (κ2) is 13.6. The van der Waals surface area contributed by atoms with Gasteiger partial charge < -0.3 is 36.1 Å². The number of amidine groups is 1. The summed E-state index contributed by atoms with van der Waals surface area (Å²) >= 11 is 0. The van der Waals surface area contributed by atoms with Crippen molar-refractivity contribution in [2.75, 3.05) is 30.8 Å². The van der Waals surface area contributed by atoms with Crippen molar-refractivity contribution in [2.45, 2.75) is 82.7 Å². The van der Waals surface area contributed by atoms with Gasteiger partial charge in [0.2, 0.25) is 5.95 Å². The first-order chi connectivity index (χ1) is 24.4. The van der Waals surface area contributed by atoms with E-state index in [1.54, 1.807) is 37.0 Å². The fourth-order valence-corrected chi connectivity index (χ4v) is 9.08. The fourth-order valence-electron chi connectivity index (χ4n) is 9.08. The number of anilines is 2. The Labute approximate surface area is 296 Å². The molecule has 270 valence electrons. The minimum absolute atomic E-state index is 0.0264. The molecule has 5 heterocycles. The smallest absolute Gasteiger partial charge is 0.341 e. The first-order valence-corrected chi connectivity index (χ1v) is 17.6. The summed E-state index contributed by atoms with van der Waals surface area (Å²) in [5.41, 5.74) is 4.85. The molecule has 6 N–H and O–H groups in total. The number of Topliss-reactive ketones (excluding diaryl/α,β-unsaturated/α-hetero) is 1. The molecule has 7 rings (SSSR count). The molecule has 14 heteroatoms. The highest BCUT2D eigenvalue weighted by atomic mass is 16.6. The number of epoxide rings is 1. The van der Waals surface area contributed by atoms with Crippen molar-refractivity contribution >= 4 is 41.6 Å². The molecular weight excluding hydrogens is 652 g/mol. The molecule has 2 aromatic heterocycles. The number of fused-ring (bicyclic) bond motifs is 1. The quantitative estimate of drug-likeness (QED) is 0.160. The Balaban J connectivity index is 1.25. The summed E-state index contributed by atoms with van der Waals surface area (Å²) in [6.07, 6.45) is 11.6. The predicted molar refractivity (Wildman–Crippen MR) is 190 cm³/mol. The van der Waals surface area contributed by atoms with Gasteiger partial charge in [-0.2, -0.15) is 0 Å². The van der Waals surface area contributed by atoms with Gasteiger partial charge in [0.15, 0.2) is 5.78 Å². The Morgan fingerprint density at radius 3 is 2.67 bits per heavy atom. The van der Waals surface area contributed by atoms with E-state index in [1.165, 1.54) is 0 Å². The molecule has 3 aliphatic heterocycles. The van der Waals surface area contributed by atoms with Gasteiger partial charge in [-0.25, -0.2) is 24.7 Å². The molecule has 9 atom stereocenters. The van der Waals surface area contributed by atoms with Crippen LogP contribution >= 0.6 is 0 Å². The van der Waals surface area contributed by atoms with Crippen molar-refractivity contribution in [3.8, 4) is 0 Å². The number of nitrogens with one attached hydrogen (secondary N) is 2. The van der Waals surface area contributed by atoms with Crippen molar-refractivity contribution < 1.29 is 29.3 Å². The molecule has 2 aromatic rings. The lowest BCUT2D eigenvalue weighted by atomic mass is 9.43. The van der Waals surface area contributed by atoms with Gasteiger partial charge in [-0.1, -0.05) is 19.9 Å². The van der Waals surface area contributed by atoms with Gasteiger partial charge in [-0.15, -0.1) is 0 Å². The van der Waals surface area contributed by atoms with Crippen molar-refractivity contribution in [3.63, 3.8) is 0 Å². The molecular formula is C37H46N8O6. The molecule has 5 aliphatic rings. The van der Waals surface area contributed by atoms with Crippen LogP contribution in [-0.4, -0.2) is 98.6 Å². The zero-order valence-electron chi connectivity index (χ0n) is 29.2. The Bertz CT molecular complexity index is 1780. The predicted octanol–water partition coefficient (Wildman–Crippen LogP) is 2.50. The second-order valence-corrected chi connectivity index (χ2v) is 15.0. The number of carbonyl (C=O) groups is 2. The molecule has 0 aromatic carbocycles. The lowest BCUT2D eigenvalue weighted by Gasteiger charge is -2.63. The van der Waals surface area contributed by atoms with Crippen molar-refractivity contribution in [1.29, 1.82) is 0 Å². The Morgan fingerprint density at radius 1 is 1.22 bits per heavy atom. The molecule has 0 radical (unpaired) electrons. The number of pyridine rings is 1. The third-order valence-electron chi connectivity index (χ3n) is 12.0. The number of nitrogen functional groups attached to an aromatic ring is 1. The van der Waals surface area contributed by atoms with Crippen LogP contribution in [0.5, 0.6) is 0 Å². The minimum Gasteiger partial charge on any atom is -0.423 e. The van der Waals surface area contributed by atoms with Gasteiger partial charge in [0, 0.05) is 41.8 Å². The van der Waals surface area contributed by atoms with Crippen molar-refractivity contribution in [1.82, 2.24) is 20.3 Å². The molecule has 3 fully saturated rings. The van der Waals surface area contributed by atoms with E-state index in [-0.39, 0.29) is 42.6 Å². The Kier molecular flexibility index (Phi) is 9.37. The fraction of sp³-hybridized carbons (Fsp3) is 0.541. The standard InChI is InChI=1S/C37H46N8O6/c1-21(26(47)15-32-40-10-11-41-32)44-29-16-27-35(2,8-7-30(48)36(27,3)19-46)28(37(29)20-50-37)14-25(45-31-6-4-5-9-39-31)24-13-23(51-33(24)49)12-22-17-42-34(38)43-18-22/h4-6,9-10,12-13,17-18,21,25,27-30,44,46,48H,7-8,11,14-16,19-20H2,1-3H3,(H,39,45)(H2,38,42,43)/b23-12+/t21?,25?,27?,28?,29?,30-,35+,36+,37?/m1/s1. The van der Waals surface area contributed by atoms with Crippen LogP contribution in [0.25, 0.3) is 6.08 Å². The summed E-state index contributed by atoms with van der Waals surface area (Å²) in [6.45, 7) is 6.81. The molecule has 0 bridgehead atoms. The summed E-state index contributed by atoms with van der Waals surface area (Å²) in [6, 6.07) is 4.21. The average molecular weight is 699 g/mol. The van der Waals surface area contributed by atoms with E-state index in [0.29, 0.717) is 67.4 Å². The van der Waals surface area contributed by atoms with Gasteiger partial charge in [0.1, 0.15) is 23.0 Å². The maximum atomic E-state index is 13.7. The number of cyclic esters (lactones) is 1. The van der Waals surface area contributed by atoms with E-state index in [2.05, 4.69) is 42.5 Å². The number of ether oxygens (including phenoxy) is 2. The number of hydrogen-bond acceptors (Lipinski definition) is 14. The number of allylic oxidation sites excluding steroid dienone is 1. The van der Waals surface area contributed by atoms with Crippen molar-refractivity contribution in [3.05, 3.63) is 59.8 Å². The molecule has 1 saturated heterocycles. The molecule has 1 spiro atoms. The van der Waals surface area contributed by atoms with Crippen LogP contribution in [0.2, 0.25) is 0 Å². The Morgan fingerprint density at radius 2 is 2.00 bits per heavy atom. The zero-order valence-corrected chi connectivity index (χ0v) is 29.2. The topological polar surface area (TPSA) is 210 Å². The third-order valence-corrected chi connectivity index (χ3v) is 12.0. The van der Waals surface area contributed by atoms with Gasteiger partial charge >= 0.3 is 5.97 Å². The number of hydrogen-bond donors (Lipinski definition) is 5. The highest BCUT2D eigenvalue weighted by Gasteiger charge is 2.71. The van der Waals surface area contributed by atoms with Crippen LogP contribution in [0.4, 0.5) is 11.8 Å². The van der Waals surface area contributed by atoms with Crippen molar-refractivity contribution in [2.24, 2.45) is 32.7 Å². The average Bonchev–Trinajstić information content (AvgIpc) is 3.57. The van der Waals surface area contributed by atoms with Crippen LogP contribution in [0.1, 0.15) is 58.4 Å². The van der Waals surface area contributed by atoms with Gasteiger partial charge in [0.25, 0.3) is 0 Å². The lowest BCUT2D eigenvalue weighted by molar-refractivity contribution is -0.184. The van der Waals surface area contributed by atoms with E-state index < -0.39 is 40.6 Å². The van der Waals surface area contributed by atoms with Crippen LogP contribution in [-0.2, 0) is 19.1 Å². The van der Waals surface area contributed by atoms with Gasteiger partial charge in [0.05, 0.1) is 49.9 Å². The van der Waals surface area contributed by atoms with Crippen LogP contribution < -0.4 is 16.4 Å². The lowest BCUT2D eigenvalue weighted by Crippen LogP contribution is -2.67. The van der Waals surface area contributed by atoms with Crippen LogP contribution in [0.15, 0.2) is 64.2 Å². The number of esters is 1. The number of nitrogens with zero attached hydrogens (tertiary/aromatic N) is 5. The van der Waals surface area contributed by atoms with Gasteiger partial charge in [-0.05, 0) is 74.1 Å². The number of aliphatic hydroxyl groups excluding tert-OH is 2. The summed E-state index contributed by atoms with van der Waals surface area (Å²) < 4.78 is 12.3. The Hall–Kier alpha value is -4.37. The van der Waals surface area contributed by atoms with E-state index >= 15 is 0 Å². The van der Waals surface area contributed by atoms with E-state index in [0.717, 1.165) is 0 Å². The first kappa shape index (κ1) is 35.1. The number of carbonyl (C=O) groups excluding carboxylic acids is 2. The number of nitrogens with two attached hydrogens (primary N) is 1. The maximum absolute atomic E-state index is 13.7. The summed E-state index contributed by atoms with van der Waals surface area (Å²) in [5.74, 6) is 0.792. The molecule has 6 unspecified atom stereocenters. The zero-order chi connectivity index (χ0) is 36.0. The monoisotopic (exact) mass is 698 g/mol. The van der Waals surface area contributed by atoms with Crippen LogP contribution in [0.3, 0.4) is 0 Å². The third kappa shape index (κ3) is 6.61. The number of rotatable bonds is 12. The second-order valence-electron chi connectivity index (χ2n) is 15.0. The van der Waals surface area contributed by atoms with Gasteiger partial charge in [-0.3, -0.25) is 9.79 Å². The SMILES string of the molecule is CC(NC1CC2[C@](C)(CC[C@@H](O)[C@@]2(C)CO)C(CC(Nc2ccccn2)C2=C/C(=C\c3cnc(N)nc3)OC2=O)C12CO2)C(=O)CC1=NCC=N1. The maximum Gasteiger partial charge on any atom is 0.341 e. The van der Waals surface area contributed by atoms with E-state index in [4.69, 9.17) is 15.2 Å². The molecule has 2 saturated carbocycles. The highest BCUT2D eigenvalue weighted by Crippen LogP contribution is 2.66. The normalized spacial score (nSPS) is 34.5.